The van der Waals surface area contributed by atoms with Crippen molar-refractivity contribution in [1.29, 1.82) is 0 Å². The second-order valence-corrected chi connectivity index (χ2v) is 2.65. The lowest BCUT2D eigenvalue weighted by molar-refractivity contribution is 1.29. The Morgan fingerprint density at radius 1 is 1.23 bits per heavy atom. The molecule has 1 aromatic heterocycles. The Labute approximate surface area is 77.3 Å². The second kappa shape index (κ2) is 3.72. The maximum Gasteiger partial charge on any atom is 0.0617 e. The van der Waals surface area contributed by atoms with Crippen LogP contribution < -0.4 is 0 Å². The number of hydrogen-bond acceptors (Lipinski definition) is 1. The molecule has 2 heterocycles. The van der Waals surface area contributed by atoms with Crippen LogP contribution in [0.4, 0.5) is 0 Å². The lowest BCUT2D eigenvalue weighted by atomic mass is 10.2. The summed E-state index contributed by atoms with van der Waals surface area (Å²) >= 11 is 0. The molecule has 0 aliphatic carbocycles. The van der Waals surface area contributed by atoms with Gasteiger partial charge in [-0.05, 0) is 12.1 Å². The Bertz CT molecular complexity index is 361. The van der Waals surface area contributed by atoms with Crippen LogP contribution in [0.1, 0.15) is 5.69 Å². The quantitative estimate of drug-likeness (QED) is 0.635. The maximum absolute atomic E-state index is 4.18. The molecule has 2 heteroatoms. The van der Waals surface area contributed by atoms with Crippen molar-refractivity contribution in [2.24, 2.45) is 0 Å². The molecule has 2 rings (SSSR count). The summed E-state index contributed by atoms with van der Waals surface area (Å²) in [6, 6.07) is 5.81. The van der Waals surface area contributed by atoms with Crippen molar-refractivity contribution in [2.45, 2.75) is 0 Å². The van der Waals surface area contributed by atoms with E-state index in [2.05, 4.69) is 10.3 Å². The van der Waals surface area contributed by atoms with E-state index < -0.39 is 0 Å². The van der Waals surface area contributed by atoms with Crippen LogP contribution in [0.3, 0.4) is 0 Å². The Balaban J connectivity index is 2.21. The average Bonchev–Trinajstić information content (AvgIpc) is 2.21. The van der Waals surface area contributed by atoms with Crippen LogP contribution >= 0.6 is 0 Å². The summed E-state index contributed by atoms with van der Waals surface area (Å²) in [4.78, 5) is 4.18. The van der Waals surface area contributed by atoms with E-state index in [0.717, 1.165) is 11.4 Å². The van der Waals surface area contributed by atoms with Gasteiger partial charge in [-0.3, -0.25) is 4.98 Å². The molecule has 64 valence electrons. The van der Waals surface area contributed by atoms with Crippen LogP contribution in [0, 0.1) is 0 Å². The molecule has 0 unspecified atom stereocenters. The first kappa shape index (κ1) is 7.80. The lowest BCUT2D eigenvalue weighted by Crippen LogP contribution is -1.81. The van der Waals surface area contributed by atoms with Crippen molar-refractivity contribution in [3.05, 3.63) is 65.5 Å². The summed E-state index contributed by atoms with van der Waals surface area (Å²) in [6.45, 7) is 0. The molecular formula is C11H9N2-. The fourth-order valence-electron chi connectivity index (χ4n) is 1.07. The zero-order valence-corrected chi connectivity index (χ0v) is 7.09. The number of rotatable bonds is 1. The third-order valence-electron chi connectivity index (χ3n) is 1.67. The fourth-order valence-corrected chi connectivity index (χ4v) is 1.07. The van der Waals surface area contributed by atoms with Crippen LogP contribution in [-0.2, 0) is 0 Å². The van der Waals surface area contributed by atoms with E-state index in [9.17, 15) is 0 Å². The molecule has 1 aromatic rings. The summed E-state index contributed by atoms with van der Waals surface area (Å²) in [5.41, 5.74) is 1.86. The smallest absolute Gasteiger partial charge is 0.0617 e. The third kappa shape index (κ3) is 2.06. The van der Waals surface area contributed by atoms with E-state index in [1.807, 2.05) is 42.5 Å². The largest absolute Gasteiger partial charge is 0.664 e. The summed E-state index contributed by atoms with van der Waals surface area (Å²) < 4.78 is 0. The normalized spacial score (nSPS) is 17.4. The highest BCUT2D eigenvalue weighted by molar-refractivity contribution is 5.59. The standard InChI is InChI=1S/C11H9N2/c1-3-7-12-10(5-1)9-11-6-2-4-8-13-11/h1-9H/q-1/b10-9+. The minimum Gasteiger partial charge on any atom is -0.664 e. The maximum atomic E-state index is 4.18. The molecule has 0 amide bonds. The van der Waals surface area contributed by atoms with Crippen molar-refractivity contribution < 1.29 is 0 Å². The van der Waals surface area contributed by atoms with Gasteiger partial charge in [0.25, 0.3) is 0 Å². The first-order chi connectivity index (χ1) is 6.45. The van der Waals surface area contributed by atoms with Crippen LogP contribution in [0.2, 0.25) is 0 Å². The van der Waals surface area contributed by atoms with E-state index in [-0.39, 0.29) is 0 Å². The van der Waals surface area contributed by atoms with Gasteiger partial charge < -0.3 is 5.32 Å². The van der Waals surface area contributed by atoms with Gasteiger partial charge in [0, 0.05) is 6.20 Å². The van der Waals surface area contributed by atoms with Crippen molar-refractivity contribution in [1.82, 2.24) is 4.98 Å². The third-order valence-corrected chi connectivity index (χ3v) is 1.67. The number of aromatic nitrogens is 1. The predicted molar refractivity (Wildman–Crippen MR) is 53.9 cm³/mol. The van der Waals surface area contributed by atoms with Gasteiger partial charge in [0.05, 0.1) is 5.69 Å². The molecule has 0 N–H and O–H groups in total. The number of nitrogens with zero attached hydrogens (tertiary/aromatic N) is 2. The number of allylic oxidation sites excluding steroid dienone is 3. The minimum absolute atomic E-state index is 0.932. The Morgan fingerprint density at radius 3 is 2.92 bits per heavy atom. The van der Waals surface area contributed by atoms with Crippen LogP contribution in [0.15, 0.2) is 54.5 Å². The Morgan fingerprint density at radius 2 is 2.23 bits per heavy atom. The van der Waals surface area contributed by atoms with Crippen molar-refractivity contribution >= 4 is 6.08 Å². The highest BCUT2D eigenvalue weighted by atomic mass is 14.8. The highest BCUT2D eigenvalue weighted by Gasteiger charge is 1.85. The van der Waals surface area contributed by atoms with Gasteiger partial charge >= 0.3 is 0 Å². The summed E-state index contributed by atoms with van der Waals surface area (Å²) in [6.07, 6.45) is 11.3. The molecule has 0 radical (unpaired) electrons. The molecule has 2 nitrogen and oxygen atoms in total. The van der Waals surface area contributed by atoms with E-state index in [0.29, 0.717) is 0 Å². The molecule has 0 aromatic carbocycles. The fraction of sp³-hybridized carbons (Fsp3) is 0. The van der Waals surface area contributed by atoms with Crippen LogP contribution in [-0.4, -0.2) is 4.98 Å². The molecule has 0 atom stereocenters. The Hall–Kier alpha value is -1.83. The monoisotopic (exact) mass is 169 g/mol. The zero-order valence-electron chi connectivity index (χ0n) is 7.09. The molecule has 0 fully saturated rings. The summed E-state index contributed by atoms with van der Waals surface area (Å²) in [5.74, 6) is 0. The van der Waals surface area contributed by atoms with Gasteiger partial charge in [-0.25, -0.2) is 0 Å². The molecular weight excluding hydrogens is 160 g/mol. The van der Waals surface area contributed by atoms with Gasteiger partial charge in [0.2, 0.25) is 0 Å². The van der Waals surface area contributed by atoms with Gasteiger partial charge in [0.15, 0.2) is 0 Å². The van der Waals surface area contributed by atoms with Crippen LogP contribution in [0.5, 0.6) is 0 Å². The van der Waals surface area contributed by atoms with Crippen molar-refractivity contribution in [3.63, 3.8) is 0 Å². The topological polar surface area (TPSA) is 27.0 Å². The average molecular weight is 169 g/mol. The Kier molecular flexibility index (Phi) is 2.23. The van der Waals surface area contributed by atoms with Gasteiger partial charge in [-0.15, -0.1) is 5.70 Å². The van der Waals surface area contributed by atoms with E-state index in [1.165, 1.54) is 0 Å². The molecule has 13 heavy (non-hydrogen) atoms. The van der Waals surface area contributed by atoms with Crippen molar-refractivity contribution in [3.8, 4) is 0 Å². The molecule has 0 bridgehead atoms. The van der Waals surface area contributed by atoms with E-state index in [4.69, 9.17) is 0 Å². The minimum atomic E-state index is 0.932. The lowest BCUT2D eigenvalue weighted by Gasteiger charge is -2.19. The molecule has 0 saturated carbocycles. The SMILES string of the molecule is C1=C[N-]/C(=C/c2ccccn2)C=C1. The van der Waals surface area contributed by atoms with E-state index >= 15 is 0 Å². The van der Waals surface area contributed by atoms with Crippen molar-refractivity contribution in [2.75, 3.05) is 0 Å². The van der Waals surface area contributed by atoms with Gasteiger partial charge in [-0.1, -0.05) is 30.4 Å². The zero-order chi connectivity index (χ0) is 8.93. The number of hydrogen-bond donors (Lipinski definition) is 0. The van der Waals surface area contributed by atoms with Crippen LogP contribution in [0.25, 0.3) is 11.4 Å². The first-order valence-electron chi connectivity index (χ1n) is 4.12. The molecule has 0 saturated heterocycles. The molecule has 0 spiro atoms. The van der Waals surface area contributed by atoms with Gasteiger partial charge in [0.1, 0.15) is 0 Å². The molecule has 1 aliphatic heterocycles. The second-order valence-electron chi connectivity index (χ2n) is 2.65. The summed E-state index contributed by atoms with van der Waals surface area (Å²) in [7, 11) is 0. The summed E-state index contributed by atoms with van der Waals surface area (Å²) in [5, 5.41) is 4.18. The predicted octanol–water partition coefficient (Wildman–Crippen LogP) is 2.88. The van der Waals surface area contributed by atoms with E-state index in [1.54, 1.807) is 12.4 Å². The van der Waals surface area contributed by atoms with Gasteiger partial charge in [-0.2, -0.15) is 6.20 Å². The number of pyridine rings is 1. The highest BCUT2D eigenvalue weighted by Crippen LogP contribution is 2.15. The molecule has 1 aliphatic rings. The first-order valence-corrected chi connectivity index (χ1v) is 4.12.